The van der Waals surface area contributed by atoms with Crippen LogP contribution in [0.15, 0.2) is 48.5 Å². The predicted octanol–water partition coefficient (Wildman–Crippen LogP) is 4.50. The van der Waals surface area contributed by atoms with Crippen molar-refractivity contribution in [3.05, 3.63) is 64.0 Å². The van der Waals surface area contributed by atoms with Gasteiger partial charge in [0.25, 0.3) is 11.8 Å². The van der Waals surface area contributed by atoms with E-state index in [1.165, 1.54) is 24.1 Å². The lowest BCUT2D eigenvalue weighted by Gasteiger charge is -2.14. The maximum absolute atomic E-state index is 12.9. The summed E-state index contributed by atoms with van der Waals surface area (Å²) in [6.07, 6.45) is 0. The van der Waals surface area contributed by atoms with Crippen molar-refractivity contribution in [2.24, 2.45) is 5.73 Å². The van der Waals surface area contributed by atoms with E-state index in [0.29, 0.717) is 5.69 Å². The summed E-state index contributed by atoms with van der Waals surface area (Å²) in [6, 6.07) is 14.6. The Kier molecular flexibility index (Phi) is 6.41. The molecule has 150 valence electrons. The van der Waals surface area contributed by atoms with Gasteiger partial charge in [0.1, 0.15) is 0 Å². The number of anilines is 1. The summed E-state index contributed by atoms with van der Waals surface area (Å²) < 4.78 is 10.5. The van der Waals surface area contributed by atoms with Crippen LogP contribution in [-0.2, 0) is 4.79 Å². The average Bonchev–Trinajstić information content (AvgIpc) is 3.12. The van der Waals surface area contributed by atoms with Gasteiger partial charge in [-0.3, -0.25) is 9.59 Å². The number of nitrogens with one attached hydrogen (secondary N) is 1. The van der Waals surface area contributed by atoms with Crippen LogP contribution in [0.1, 0.15) is 15.2 Å². The van der Waals surface area contributed by atoms with Crippen molar-refractivity contribution >= 4 is 40.4 Å². The van der Waals surface area contributed by atoms with E-state index in [1.54, 1.807) is 11.3 Å². The van der Waals surface area contributed by atoms with Crippen LogP contribution in [0.5, 0.6) is 11.5 Å². The van der Waals surface area contributed by atoms with Crippen molar-refractivity contribution < 1.29 is 19.1 Å². The lowest BCUT2D eigenvalue weighted by Crippen LogP contribution is -2.20. The summed E-state index contributed by atoms with van der Waals surface area (Å²) in [4.78, 5) is 26.1. The molecule has 0 spiro atoms. The highest BCUT2D eigenvalue weighted by Crippen LogP contribution is 2.37. The number of para-hydroxylation sites is 1. The Balaban J connectivity index is 1.88. The van der Waals surface area contributed by atoms with Gasteiger partial charge in [0, 0.05) is 26.6 Å². The van der Waals surface area contributed by atoms with E-state index in [1.807, 2.05) is 43.3 Å². The van der Waals surface area contributed by atoms with Gasteiger partial charge in [-0.15, -0.1) is 11.3 Å². The van der Waals surface area contributed by atoms with Crippen LogP contribution < -0.4 is 20.5 Å². The standard InChI is InChI=1S/C21H19ClN2O4S/c1-12-7-8-18(29-12)14-5-3-4-6-16(14)24-21(26)13-9-15(22)20(17(10-13)27-2)28-11-19(23)25/h3-10H,11H2,1-2H3,(H2,23,25)(H,24,26). The molecule has 3 aromatic rings. The van der Waals surface area contributed by atoms with E-state index in [4.69, 9.17) is 26.8 Å². The van der Waals surface area contributed by atoms with Crippen molar-refractivity contribution in [3.8, 4) is 21.9 Å². The Bertz CT molecular complexity index is 1060. The molecule has 0 aliphatic carbocycles. The Morgan fingerprint density at radius 2 is 1.93 bits per heavy atom. The molecule has 6 nitrogen and oxygen atoms in total. The number of ether oxygens (including phenoxy) is 2. The second-order valence-corrected chi connectivity index (χ2v) is 7.85. The van der Waals surface area contributed by atoms with Gasteiger partial charge in [0.15, 0.2) is 18.1 Å². The molecule has 1 aromatic heterocycles. The van der Waals surface area contributed by atoms with Crippen LogP contribution >= 0.6 is 22.9 Å². The van der Waals surface area contributed by atoms with Gasteiger partial charge >= 0.3 is 0 Å². The molecular weight excluding hydrogens is 412 g/mol. The smallest absolute Gasteiger partial charge is 0.255 e. The fourth-order valence-corrected chi connectivity index (χ4v) is 3.89. The van der Waals surface area contributed by atoms with Crippen molar-refractivity contribution in [1.82, 2.24) is 0 Å². The summed E-state index contributed by atoms with van der Waals surface area (Å²) in [7, 11) is 1.42. The minimum atomic E-state index is -0.648. The Morgan fingerprint density at radius 1 is 1.17 bits per heavy atom. The number of primary amides is 1. The second kappa shape index (κ2) is 8.98. The number of hydrogen-bond acceptors (Lipinski definition) is 5. The van der Waals surface area contributed by atoms with Gasteiger partial charge in [-0.25, -0.2) is 0 Å². The van der Waals surface area contributed by atoms with E-state index >= 15 is 0 Å². The summed E-state index contributed by atoms with van der Waals surface area (Å²) >= 11 is 7.89. The molecule has 0 radical (unpaired) electrons. The minimum absolute atomic E-state index is 0.137. The molecule has 0 unspecified atom stereocenters. The molecule has 29 heavy (non-hydrogen) atoms. The second-order valence-electron chi connectivity index (χ2n) is 6.15. The third kappa shape index (κ3) is 4.88. The quantitative estimate of drug-likeness (QED) is 0.577. The van der Waals surface area contributed by atoms with Gasteiger partial charge in [-0.2, -0.15) is 0 Å². The number of aryl methyl sites for hydroxylation is 1. The van der Waals surface area contributed by atoms with E-state index in [9.17, 15) is 9.59 Å². The number of nitrogens with two attached hydrogens (primary N) is 1. The zero-order chi connectivity index (χ0) is 21.0. The molecule has 0 bridgehead atoms. The summed E-state index contributed by atoms with van der Waals surface area (Å²) in [5.41, 5.74) is 7.00. The van der Waals surface area contributed by atoms with Gasteiger partial charge < -0.3 is 20.5 Å². The number of carbonyl (C=O) groups excluding carboxylic acids is 2. The molecule has 0 atom stereocenters. The Morgan fingerprint density at radius 3 is 2.59 bits per heavy atom. The Hall–Kier alpha value is -3.03. The zero-order valence-corrected chi connectivity index (χ0v) is 17.4. The van der Waals surface area contributed by atoms with Crippen molar-refractivity contribution in [3.63, 3.8) is 0 Å². The third-order valence-corrected chi connectivity index (χ3v) is 5.35. The average molecular weight is 431 g/mol. The van der Waals surface area contributed by atoms with Gasteiger partial charge in [-0.1, -0.05) is 29.8 Å². The topological polar surface area (TPSA) is 90.7 Å². The van der Waals surface area contributed by atoms with Gasteiger partial charge in [0.2, 0.25) is 0 Å². The largest absolute Gasteiger partial charge is 0.493 e. The summed E-state index contributed by atoms with van der Waals surface area (Å²) in [5, 5.41) is 3.06. The van der Waals surface area contributed by atoms with E-state index in [-0.39, 0.29) is 34.6 Å². The molecular formula is C21H19ClN2O4S. The lowest BCUT2D eigenvalue weighted by molar-refractivity contribution is -0.119. The van der Waals surface area contributed by atoms with Crippen LogP contribution in [0.4, 0.5) is 5.69 Å². The van der Waals surface area contributed by atoms with Crippen LogP contribution in [0, 0.1) is 6.92 Å². The van der Waals surface area contributed by atoms with Crippen LogP contribution in [-0.4, -0.2) is 25.5 Å². The summed E-state index contributed by atoms with van der Waals surface area (Å²) in [5.74, 6) is -0.622. The normalized spacial score (nSPS) is 10.4. The molecule has 2 aromatic carbocycles. The van der Waals surface area contributed by atoms with Crippen LogP contribution in [0.3, 0.4) is 0 Å². The molecule has 2 amide bonds. The Labute approximate surface area is 177 Å². The number of thiophene rings is 1. The maximum atomic E-state index is 12.9. The third-order valence-electron chi connectivity index (χ3n) is 4.03. The highest BCUT2D eigenvalue weighted by atomic mass is 35.5. The van der Waals surface area contributed by atoms with E-state index in [0.717, 1.165) is 10.4 Å². The fraction of sp³-hybridized carbons (Fsp3) is 0.143. The minimum Gasteiger partial charge on any atom is -0.493 e. The van der Waals surface area contributed by atoms with Crippen molar-refractivity contribution in [2.45, 2.75) is 6.92 Å². The first-order valence-corrected chi connectivity index (χ1v) is 9.84. The first-order valence-electron chi connectivity index (χ1n) is 8.65. The maximum Gasteiger partial charge on any atom is 0.255 e. The number of rotatable bonds is 7. The first-order chi connectivity index (χ1) is 13.9. The molecule has 1 heterocycles. The van der Waals surface area contributed by atoms with E-state index < -0.39 is 5.91 Å². The predicted molar refractivity (Wildman–Crippen MR) is 115 cm³/mol. The van der Waals surface area contributed by atoms with Gasteiger partial charge in [-0.05, 0) is 37.3 Å². The SMILES string of the molecule is COc1cc(C(=O)Nc2ccccc2-c2ccc(C)s2)cc(Cl)c1OCC(N)=O. The first kappa shape index (κ1) is 20.7. The molecule has 3 rings (SSSR count). The molecule has 0 saturated carbocycles. The molecule has 0 fully saturated rings. The van der Waals surface area contributed by atoms with Crippen LogP contribution in [0.2, 0.25) is 5.02 Å². The fourth-order valence-electron chi connectivity index (χ4n) is 2.72. The molecule has 0 saturated heterocycles. The van der Waals surface area contributed by atoms with Gasteiger partial charge in [0.05, 0.1) is 12.1 Å². The number of halogens is 1. The number of benzene rings is 2. The molecule has 0 aliphatic rings. The number of amides is 2. The van der Waals surface area contributed by atoms with Crippen molar-refractivity contribution in [1.29, 1.82) is 0 Å². The molecule has 0 aliphatic heterocycles. The molecule has 8 heteroatoms. The monoisotopic (exact) mass is 430 g/mol. The highest BCUT2D eigenvalue weighted by molar-refractivity contribution is 7.15. The zero-order valence-electron chi connectivity index (χ0n) is 15.8. The summed E-state index contributed by atoms with van der Waals surface area (Å²) in [6.45, 7) is 1.68. The van der Waals surface area contributed by atoms with Crippen molar-refractivity contribution in [2.75, 3.05) is 19.0 Å². The number of carbonyl (C=O) groups is 2. The number of hydrogen-bond donors (Lipinski definition) is 2. The lowest BCUT2D eigenvalue weighted by atomic mass is 10.1. The highest BCUT2D eigenvalue weighted by Gasteiger charge is 2.18. The number of methoxy groups -OCH3 is 1. The molecule has 3 N–H and O–H groups in total. The van der Waals surface area contributed by atoms with Crippen LogP contribution in [0.25, 0.3) is 10.4 Å². The van der Waals surface area contributed by atoms with E-state index in [2.05, 4.69) is 5.32 Å².